The zero-order chi connectivity index (χ0) is 20.2. The number of carboxylic acids is 1. The number of hydrogen-bond donors (Lipinski definition) is 1. The van der Waals surface area contributed by atoms with Crippen molar-refractivity contribution in [2.24, 2.45) is 0 Å². The number of nitrogens with zero attached hydrogens (tertiary/aromatic N) is 3. The summed E-state index contributed by atoms with van der Waals surface area (Å²) in [6.45, 7) is 2.43. The van der Waals surface area contributed by atoms with Crippen LogP contribution in [0, 0.1) is 0 Å². The highest BCUT2D eigenvalue weighted by Gasteiger charge is 2.21. The van der Waals surface area contributed by atoms with E-state index in [0.717, 1.165) is 53.1 Å². The minimum Gasteiger partial charge on any atom is -0.480 e. The molecule has 6 nitrogen and oxygen atoms in total. The highest BCUT2D eigenvalue weighted by molar-refractivity contribution is 8.00. The van der Waals surface area contributed by atoms with Gasteiger partial charge in [-0.3, -0.25) is 9.78 Å². The molecule has 0 radical (unpaired) electrons. The van der Waals surface area contributed by atoms with Crippen molar-refractivity contribution in [2.45, 2.75) is 42.6 Å². The Kier molecular flexibility index (Phi) is 5.97. The maximum absolute atomic E-state index is 11.2. The summed E-state index contributed by atoms with van der Waals surface area (Å²) in [5.74, 6) is -0.821. The Bertz CT molecular complexity index is 1030. The van der Waals surface area contributed by atoms with E-state index in [-0.39, 0.29) is 6.23 Å². The van der Waals surface area contributed by atoms with Crippen LogP contribution < -0.4 is 0 Å². The fourth-order valence-electron chi connectivity index (χ4n) is 3.37. The van der Waals surface area contributed by atoms with Gasteiger partial charge in [0.05, 0.1) is 16.9 Å². The number of fused-ring (bicyclic) bond motifs is 1. The molecule has 1 N–H and O–H groups in total. The first-order valence-electron chi connectivity index (χ1n) is 9.74. The van der Waals surface area contributed by atoms with Crippen LogP contribution in [0.15, 0.2) is 47.5 Å². The number of rotatable bonds is 6. The molecule has 7 heteroatoms. The summed E-state index contributed by atoms with van der Waals surface area (Å²) in [4.78, 5) is 16.5. The van der Waals surface area contributed by atoms with Crippen LogP contribution in [0.1, 0.15) is 43.8 Å². The second kappa shape index (κ2) is 8.80. The van der Waals surface area contributed by atoms with Crippen molar-refractivity contribution in [3.8, 4) is 0 Å². The van der Waals surface area contributed by atoms with Gasteiger partial charge in [-0.25, -0.2) is 4.68 Å². The number of thioether (sulfide) groups is 1. The average Bonchev–Trinajstić information content (AvgIpc) is 3.11. The smallest absolute Gasteiger partial charge is 0.316 e. The molecule has 150 valence electrons. The Hall–Kier alpha value is -2.64. The summed E-state index contributed by atoms with van der Waals surface area (Å²) >= 11 is 1.33. The highest BCUT2D eigenvalue weighted by Crippen LogP contribution is 2.33. The van der Waals surface area contributed by atoms with Gasteiger partial charge in [0, 0.05) is 23.1 Å². The molecule has 0 amide bonds. The Balaban J connectivity index is 1.73. The monoisotopic (exact) mass is 409 g/mol. The van der Waals surface area contributed by atoms with E-state index < -0.39 is 11.2 Å². The lowest BCUT2D eigenvalue weighted by Gasteiger charge is -2.23. The van der Waals surface area contributed by atoms with Gasteiger partial charge >= 0.3 is 5.97 Å². The third-order valence-corrected chi connectivity index (χ3v) is 5.98. The van der Waals surface area contributed by atoms with Crippen molar-refractivity contribution in [3.05, 3.63) is 54.0 Å². The number of carbonyl (C=O) groups is 1. The number of carboxylic acid groups (broad SMARTS) is 1. The van der Waals surface area contributed by atoms with E-state index in [2.05, 4.69) is 4.98 Å². The van der Waals surface area contributed by atoms with Gasteiger partial charge in [-0.15, -0.1) is 11.8 Å². The number of pyridine rings is 1. The van der Waals surface area contributed by atoms with Crippen LogP contribution >= 0.6 is 11.8 Å². The number of hydrogen-bond acceptors (Lipinski definition) is 5. The maximum Gasteiger partial charge on any atom is 0.316 e. The molecule has 2 atom stereocenters. The number of aliphatic carboxylic acids is 1. The van der Waals surface area contributed by atoms with Gasteiger partial charge in [0.25, 0.3) is 0 Å². The van der Waals surface area contributed by atoms with E-state index in [4.69, 9.17) is 9.84 Å². The molecule has 3 aromatic rings. The molecule has 0 saturated carbocycles. The van der Waals surface area contributed by atoms with Gasteiger partial charge in [0.1, 0.15) is 5.25 Å². The lowest BCUT2D eigenvalue weighted by molar-refractivity contribution is -0.136. The summed E-state index contributed by atoms with van der Waals surface area (Å²) < 4.78 is 7.92. The summed E-state index contributed by atoms with van der Waals surface area (Å²) in [5, 5.41) is 14.6. The number of ether oxygens (including phenoxy) is 1. The van der Waals surface area contributed by atoms with Crippen molar-refractivity contribution >= 4 is 40.8 Å². The van der Waals surface area contributed by atoms with Gasteiger partial charge in [0.15, 0.2) is 6.23 Å². The SMILES string of the molecule is CC(Sc1ccc2c(C=Cc3ccccn3)nn(C3CCCCO3)c2c1)C(=O)O. The van der Waals surface area contributed by atoms with Gasteiger partial charge in [-0.05, 0) is 68.7 Å². The molecule has 4 rings (SSSR count). The van der Waals surface area contributed by atoms with E-state index in [1.165, 1.54) is 11.8 Å². The Labute approximate surface area is 173 Å². The van der Waals surface area contributed by atoms with Crippen molar-refractivity contribution in [2.75, 3.05) is 6.61 Å². The van der Waals surface area contributed by atoms with E-state index in [1.54, 1.807) is 13.1 Å². The van der Waals surface area contributed by atoms with Gasteiger partial charge < -0.3 is 9.84 Å². The zero-order valence-corrected chi connectivity index (χ0v) is 17.0. The van der Waals surface area contributed by atoms with Crippen LogP contribution in [-0.2, 0) is 9.53 Å². The molecular weight excluding hydrogens is 386 g/mol. The topological polar surface area (TPSA) is 77.2 Å². The van der Waals surface area contributed by atoms with Crippen LogP contribution in [0.25, 0.3) is 23.1 Å². The highest BCUT2D eigenvalue weighted by atomic mass is 32.2. The molecule has 0 aliphatic carbocycles. The molecule has 0 spiro atoms. The first kappa shape index (κ1) is 19.7. The van der Waals surface area contributed by atoms with Crippen LogP contribution in [0.3, 0.4) is 0 Å². The molecule has 2 unspecified atom stereocenters. The zero-order valence-electron chi connectivity index (χ0n) is 16.2. The Morgan fingerprint density at radius 2 is 2.21 bits per heavy atom. The van der Waals surface area contributed by atoms with Gasteiger partial charge in [-0.1, -0.05) is 6.07 Å². The molecular formula is C22H23N3O3S. The van der Waals surface area contributed by atoms with Crippen LogP contribution in [-0.4, -0.2) is 37.7 Å². The molecule has 1 saturated heterocycles. The minimum atomic E-state index is -0.821. The Morgan fingerprint density at radius 3 is 2.93 bits per heavy atom. The second-order valence-electron chi connectivity index (χ2n) is 7.02. The first-order valence-corrected chi connectivity index (χ1v) is 10.6. The lowest BCUT2D eigenvalue weighted by Crippen LogP contribution is -2.19. The molecule has 3 heterocycles. The average molecular weight is 410 g/mol. The predicted molar refractivity (Wildman–Crippen MR) is 115 cm³/mol. The normalized spacial score (nSPS) is 18.3. The summed E-state index contributed by atoms with van der Waals surface area (Å²) in [6.07, 6.45) is 8.68. The number of aromatic nitrogens is 3. The molecule has 1 fully saturated rings. The summed E-state index contributed by atoms with van der Waals surface area (Å²) in [6, 6.07) is 11.8. The van der Waals surface area contributed by atoms with Crippen molar-refractivity contribution in [1.82, 2.24) is 14.8 Å². The molecule has 2 aromatic heterocycles. The third kappa shape index (κ3) is 4.52. The van der Waals surface area contributed by atoms with Crippen LogP contribution in [0.4, 0.5) is 0 Å². The van der Waals surface area contributed by atoms with E-state index in [0.29, 0.717) is 0 Å². The molecule has 29 heavy (non-hydrogen) atoms. The molecule has 1 aromatic carbocycles. The predicted octanol–water partition coefficient (Wildman–Crippen LogP) is 4.87. The van der Waals surface area contributed by atoms with Gasteiger partial charge in [-0.2, -0.15) is 5.10 Å². The van der Waals surface area contributed by atoms with Crippen molar-refractivity contribution in [1.29, 1.82) is 0 Å². The molecule has 1 aliphatic rings. The quantitative estimate of drug-likeness (QED) is 0.586. The minimum absolute atomic E-state index is 0.0969. The molecule has 1 aliphatic heterocycles. The second-order valence-corrected chi connectivity index (χ2v) is 8.43. The summed E-state index contributed by atoms with van der Waals surface area (Å²) in [7, 11) is 0. The van der Waals surface area contributed by atoms with Crippen LogP contribution in [0.2, 0.25) is 0 Å². The van der Waals surface area contributed by atoms with Gasteiger partial charge in [0.2, 0.25) is 0 Å². The molecule has 0 bridgehead atoms. The first-order chi connectivity index (χ1) is 14.1. The Morgan fingerprint density at radius 1 is 1.31 bits per heavy atom. The van der Waals surface area contributed by atoms with E-state index >= 15 is 0 Å². The standard InChI is InChI=1S/C22H23N3O3S/c1-15(22(26)27)29-17-9-10-18-19(11-8-16-6-2-4-12-23-16)24-25(20(18)14-17)21-7-3-5-13-28-21/h2,4,6,8-12,14-15,21H,3,5,7,13H2,1H3,(H,26,27). The maximum atomic E-state index is 11.2. The van der Waals surface area contributed by atoms with E-state index in [9.17, 15) is 9.90 Å². The largest absolute Gasteiger partial charge is 0.480 e. The third-order valence-electron chi connectivity index (χ3n) is 4.90. The fourth-order valence-corrected chi connectivity index (χ4v) is 4.20. The van der Waals surface area contributed by atoms with E-state index in [1.807, 2.05) is 53.2 Å². The van der Waals surface area contributed by atoms with Crippen molar-refractivity contribution < 1.29 is 14.6 Å². The van der Waals surface area contributed by atoms with Crippen molar-refractivity contribution in [3.63, 3.8) is 0 Å². The van der Waals surface area contributed by atoms with Crippen LogP contribution in [0.5, 0.6) is 0 Å². The number of benzene rings is 1. The fraction of sp³-hybridized carbons (Fsp3) is 0.318. The summed E-state index contributed by atoms with van der Waals surface area (Å²) in [5.41, 5.74) is 2.68. The lowest BCUT2D eigenvalue weighted by atomic mass is 10.1.